The van der Waals surface area contributed by atoms with E-state index in [-0.39, 0.29) is 5.91 Å². The van der Waals surface area contributed by atoms with Crippen LogP contribution in [0.15, 0.2) is 0 Å². The van der Waals surface area contributed by atoms with E-state index in [0.717, 1.165) is 25.4 Å². The molecule has 0 radical (unpaired) electrons. The van der Waals surface area contributed by atoms with Crippen LogP contribution >= 0.6 is 0 Å². The average molecular weight is 269 g/mol. The van der Waals surface area contributed by atoms with Gasteiger partial charge in [-0.25, -0.2) is 0 Å². The van der Waals surface area contributed by atoms with Crippen LogP contribution in [0.1, 0.15) is 52.9 Å². The molecule has 3 N–H and O–H groups in total. The van der Waals surface area contributed by atoms with Gasteiger partial charge >= 0.3 is 0 Å². The minimum Gasteiger partial charge on any atom is -0.368 e. The standard InChI is InChI=1S/C15H31N3O/c1-5-17-15(3,14(16)19)10-12(2)18(4)11-13-8-6-7-9-13/h12-13,17H,5-11H2,1-4H3,(H2,16,19). The van der Waals surface area contributed by atoms with E-state index in [2.05, 4.69) is 24.2 Å². The summed E-state index contributed by atoms with van der Waals surface area (Å²) in [6.07, 6.45) is 6.24. The van der Waals surface area contributed by atoms with E-state index in [0.29, 0.717) is 6.04 Å². The normalized spacial score (nSPS) is 21.5. The molecule has 0 saturated heterocycles. The summed E-state index contributed by atoms with van der Waals surface area (Å²) in [5.41, 5.74) is 4.95. The van der Waals surface area contributed by atoms with Crippen molar-refractivity contribution >= 4 is 5.91 Å². The smallest absolute Gasteiger partial charge is 0.237 e. The van der Waals surface area contributed by atoms with E-state index in [4.69, 9.17) is 5.73 Å². The summed E-state index contributed by atoms with van der Waals surface area (Å²) in [7, 11) is 2.16. The SMILES string of the molecule is CCNC(C)(CC(C)N(C)CC1CCCC1)C(N)=O. The summed E-state index contributed by atoms with van der Waals surface area (Å²) in [5.74, 6) is 0.585. The van der Waals surface area contributed by atoms with E-state index < -0.39 is 5.54 Å². The quantitative estimate of drug-likeness (QED) is 0.705. The fraction of sp³-hybridized carbons (Fsp3) is 0.933. The van der Waals surface area contributed by atoms with Crippen LogP contribution in [0.4, 0.5) is 0 Å². The van der Waals surface area contributed by atoms with Crippen LogP contribution < -0.4 is 11.1 Å². The van der Waals surface area contributed by atoms with Gasteiger partial charge < -0.3 is 16.0 Å². The van der Waals surface area contributed by atoms with E-state index >= 15 is 0 Å². The lowest BCUT2D eigenvalue weighted by atomic mass is 9.91. The second kappa shape index (κ2) is 7.25. The van der Waals surface area contributed by atoms with E-state index in [1.807, 2.05) is 13.8 Å². The number of nitrogens with zero attached hydrogens (tertiary/aromatic N) is 1. The molecule has 0 aliphatic heterocycles. The Bertz CT molecular complexity index is 289. The minimum absolute atomic E-state index is 0.254. The Balaban J connectivity index is 2.50. The maximum absolute atomic E-state index is 11.7. The first-order valence-electron chi connectivity index (χ1n) is 7.64. The van der Waals surface area contributed by atoms with Gasteiger partial charge in [-0.2, -0.15) is 0 Å². The van der Waals surface area contributed by atoms with Gasteiger partial charge in [-0.3, -0.25) is 4.79 Å². The number of nitrogens with one attached hydrogen (secondary N) is 1. The van der Waals surface area contributed by atoms with Gasteiger partial charge in [0.25, 0.3) is 0 Å². The topological polar surface area (TPSA) is 58.4 Å². The van der Waals surface area contributed by atoms with Crippen molar-refractivity contribution in [3.63, 3.8) is 0 Å². The zero-order chi connectivity index (χ0) is 14.5. The molecule has 2 unspecified atom stereocenters. The lowest BCUT2D eigenvalue weighted by Crippen LogP contribution is -2.56. The Morgan fingerprint density at radius 1 is 1.47 bits per heavy atom. The Morgan fingerprint density at radius 2 is 2.05 bits per heavy atom. The van der Waals surface area contributed by atoms with Crippen LogP contribution in [0.2, 0.25) is 0 Å². The van der Waals surface area contributed by atoms with Crippen LogP contribution in [-0.4, -0.2) is 42.5 Å². The molecule has 0 aromatic rings. The fourth-order valence-corrected chi connectivity index (χ4v) is 3.18. The molecular formula is C15H31N3O. The Kier molecular flexibility index (Phi) is 6.27. The third kappa shape index (κ3) is 4.77. The predicted octanol–water partition coefficient (Wildman–Crippen LogP) is 1.74. The number of carbonyl (C=O) groups excluding carboxylic acids is 1. The first-order chi connectivity index (χ1) is 8.89. The first kappa shape index (κ1) is 16.4. The molecule has 1 aliphatic carbocycles. The molecule has 1 aliphatic rings. The Hall–Kier alpha value is -0.610. The summed E-state index contributed by atoms with van der Waals surface area (Å²) in [6, 6.07) is 0.358. The molecule has 1 saturated carbocycles. The highest BCUT2D eigenvalue weighted by Crippen LogP contribution is 2.26. The van der Waals surface area contributed by atoms with Crippen molar-refractivity contribution in [2.45, 2.75) is 64.5 Å². The molecule has 4 nitrogen and oxygen atoms in total. The summed E-state index contributed by atoms with van der Waals surface area (Å²) >= 11 is 0. The highest BCUT2D eigenvalue weighted by Gasteiger charge is 2.33. The fourth-order valence-electron chi connectivity index (χ4n) is 3.18. The lowest BCUT2D eigenvalue weighted by molar-refractivity contribution is -0.124. The average Bonchev–Trinajstić information content (AvgIpc) is 2.81. The number of hydrogen-bond donors (Lipinski definition) is 2. The van der Waals surface area contributed by atoms with Crippen LogP contribution in [0.25, 0.3) is 0 Å². The summed E-state index contributed by atoms with van der Waals surface area (Å²) in [6.45, 7) is 8.01. The number of hydrogen-bond acceptors (Lipinski definition) is 3. The molecule has 0 spiro atoms. The molecule has 0 aromatic carbocycles. The van der Waals surface area contributed by atoms with Gasteiger partial charge in [-0.15, -0.1) is 0 Å². The van der Waals surface area contributed by atoms with Gasteiger partial charge in [0.1, 0.15) is 0 Å². The highest BCUT2D eigenvalue weighted by atomic mass is 16.1. The van der Waals surface area contributed by atoms with Crippen molar-refractivity contribution < 1.29 is 4.79 Å². The predicted molar refractivity (Wildman–Crippen MR) is 79.9 cm³/mol. The van der Waals surface area contributed by atoms with Gasteiger partial charge in [0.15, 0.2) is 0 Å². The first-order valence-corrected chi connectivity index (χ1v) is 7.64. The molecule has 0 bridgehead atoms. The number of carbonyl (C=O) groups is 1. The summed E-state index contributed by atoms with van der Waals surface area (Å²) in [4.78, 5) is 14.0. The Morgan fingerprint density at radius 3 is 2.53 bits per heavy atom. The molecule has 4 heteroatoms. The van der Waals surface area contributed by atoms with Gasteiger partial charge in [-0.1, -0.05) is 19.8 Å². The molecule has 1 fully saturated rings. The molecule has 19 heavy (non-hydrogen) atoms. The van der Waals surface area contributed by atoms with E-state index in [1.54, 1.807) is 0 Å². The van der Waals surface area contributed by atoms with Gasteiger partial charge in [0.05, 0.1) is 5.54 Å². The second-order valence-corrected chi connectivity index (χ2v) is 6.37. The highest BCUT2D eigenvalue weighted by molar-refractivity contribution is 5.84. The molecule has 0 heterocycles. The number of rotatable bonds is 8. The lowest BCUT2D eigenvalue weighted by Gasteiger charge is -2.35. The van der Waals surface area contributed by atoms with Crippen LogP contribution in [0.5, 0.6) is 0 Å². The number of likely N-dealkylation sites (N-methyl/N-ethyl adjacent to an activating group) is 1. The number of nitrogens with two attached hydrogens (primary N) is 1. The van der Waals surface area contributed by atoms with Gasteiger partial charge in [0, 0.05) is 12.6 Å². The van der Waals surface area contributed by atoms with Gasteiger partial charge in [0.2, 0.25) is 5.91 Å². The van der Waals surface area contributed by atoms with Crippen molar-refractivity contribution in [1.82, 2.24) is 10.2 Å². The molecular weight excluding hydrogens is 238 g/mol. The third-order valence-electron chi connectivity index (χ3n) is 4.59. The van der Waals surface area contributed by atoms with Crippen molar-refractivity contribution in [3.8, 4) is 0 Å². The number of primary amides is 1. The van der Waals surface area contributed by atoms with Crippen LogP contribution in [0.3, 0.4) is 0 Å². The van der Waals surface area contributed by atoms with Crippen molar-refractivity contribution in [1.29, 1.82) is 0 Å². The zero-order valence-corrected chi connectivity index (χ0v) is 13.0. The molecule has 1 amide bonds. The monoisotopic (exact) mass is 269 g/mol. The van der Waals surface area contributed by atoms with Gasteiger partial charge in [-0.05, 0) is 52.6 Å². The Labute approximate surface area is 118 Å². The number of amides is 1. The van der Waals surface area contributed by atoms with Crippen molar-refractivity contribution in [2.24, 2.45) is 11.7 Å². The zero-order valence-electron chi connectivity index (χ0n) is 13.0. The molecule has 2 atom stereocenters. The maximum Gasteiger partial charge on any atom is 0.237 e. The largest absolute Gasteiger partial charge is 0.368 e. The van der Waals surface area contributed by atoms with Crippen molar-refractivity contribution in [2.75, 3.05) is 20.1 Å². The van der Waals surface area contributed by atoms with Crippen LogP contribution in [0, 0.1) is 5.92 Å². The van der Waals surface area contributed by atoms with Crippen LogP contribution in [-0.2, 0) is 4.79 Å². The molecule has 0 aromatic heterocycles. The third-order valence-corrected chi connectivity index (χ3v) is 4.59. The summed E-state index contributed by atoms with van der Waals surface area (Å²) in [5, 5.41) is 3.24. The van der Waals surface area contributed by atoms with E-state index in [1.165, 1.54) is 25.7 Å². The maximum atomic E-state index is 11.7. The second-order valence-electron chi connectivity index (χ2n) is 6.37. The minimum atomic E-state index is -0.599. The van der Waals surface area contributed by atoms with E-state index in [9.17, 15) is 4.79 Å². The molecule has 112 valence electrons. The van der Waals surface area contributed by atoms with Crippen molar-refractivity contribution in [3.05, 3.63) is 0 Å². The summed E-state index contributed by atoms with van der Waals surface area (Å²) < 4.78 is 0. The molecule has 1 rings (SSSR count).